The van der Waals surface area contributed by atoms with Gasteiger partial charge in [-0.2, -0.15) is 0 Å². The molecule has 6 heteroatoms. The lowest BCUT2D eigenvalue weighted by molar-refractivity contribution is -0.148. The van der Waals surface area contributed by atoms with Gasteiger partial charge in [-0.15, -0.1) is 0 Å². The summed E-state index contributed by atoms with van der Waals surface area (Å²) in [5, 5.41) is 11.2. The van der Waals surface area contributed by atoms with Crippen LogP contribution >= 0.6 is 0 Å². The first kappa shape index (κ1) is 16.0. The molecule has 6 nitrogen and oxygen atoms in total. The highest BCUT2D eigenvalue weighted by Crippen LogP contribution is 2.18. The molecule has 20 heavy (non-hydrogen) atoms. The summed E-state index contributed by atoms with van der Waals surface area (Å²) in [5.41, 5.74) is 1.97. The zero-order valence-corrected chi connectivity index (χ0v) is 11.8. The van der Waals surface area contributed by atoms with Crippen LogP contribution in [0, 0.1) is 13.8 Å². The van der Waals surface area contributed by atoms with Gasteiger partial charge in [0, 0.05) is 7.11 Å². The molecule has 1 rings (SSSR count). The van der Waals surface area contributed by atoms with E-state index < -0.39 is 18.0 Å². The van der Waals surface area contributed by atoms with E-state index in [2.05, 4.69) is 5.32 Å². The summed E-state index contributed by atoms with van der Waals surface area (Å²) in [6.07, 6.45) is -1.06. The third-order valence-electron chi connectivity index (χ3n) is 2.75. The lowest BCUT2D eigenvalue weighted by atomic mass is 10.1. The predicted molar refractivity (Wildman–Crippen MR) is 72.9 cm³/mol. The van der Waals surface area contributed by atoms with Gasteiger partial charge in [-0.3, -0.25) is 4.79 Å². The highest BCUT2D eigenvalue weighted by Gasteiger charge is 2.17. The molecule has 1 aromatic carbocycles. The number of carbonyl (C=O) groups excluding carboxylic acids is 1. The van der Waals surface area contributed by atoms with Gasteiger partial charge in [0.2, 0.25) is 0 Å². The number of hydrogen-bond acceptors (Lipinski definition) is 4. The zero-order valence-electron chi connectivity index (χ0n) is 11.8. The van der Waals surface area contributed by atoms with Crippen molar-refractivity contribution < 1.29 is 24.2 Å². The van der Waals surface area contributed by atoms with E-state index >= 15 is 0 Å². The maximum Gasteiger partial charge on any atom is 0.334 e. The number of rotatable bonds is 7. The Hall–Kier alpha value is -2.08. The van der Waals surface area contributed by atoms with E-state index in [0.717, 1.165) is 11.1 Å². The summed E-state index contributed by atoms with van der Waals surface area (Å²) >= 11 is 0. The molecule has 0 aliphatic heterocycles. The minimum atomic E-state index is -1.12. The van der Waals surface area contributed by atoms with Gasteiger partial charge in [-0.05, 0) is 31.0 Å². The van der Waals surface area contributed by atoms with E-state index in [0.29, 0.717) is 5.75 Å². The highest BCUT2D eigenvalue weighted by molar-refractivity contribution is 5.79. The summed E-state index contributed by atoms with van der Waals surface area (Å²) in [7, 11) is 1.28. The lowest BCUT2D eigenvalue weighted by Crippen LogP contribution is -2.39. The molecule has 0 aliphatic carbocycles. The summed E-state index contributed by atoms with van der Waals surface area (Å²) in [6.45, 7) is 3.56. The SMILES string of the molecule is COC(CNC(=O)COc1cc(C)ccc1C)C(=O)O. The molecular formula is C14H19NO5. The van der Waals surface area contributed by atoms with E-state index in [9.17, 15) is 9.59 Å². The van der Waals surface area contributed by atoms with Crippen molar-refractivity contribution in [1.82, 2.24) is 5.32 Å². The third kappa shape index (κ3) is 4.89. The number of amides is 1. The average Bonchev–Trinajstić information content (AvgIpc) is 2.40. The molecule has 0 aromatic heterocycles. The quantitative estimate of drug-likeness (QED) is 0.775. The number of nitrogens with one attached hydrogen (secondary N) is 1. The van der Waals surface area contributed by atoms with Gasteiger partial charge in [0.25, 0.3) is 5.91 Å². The van der Waals surface area contributed by atoms with Crippen LogP contribution in [0.2, 0.25) is 0 Å². The van der Waals surface area contributed by atoms with Crippen LogP contribution in [-0.2, 0) is 14.3 Å². The molecule has 0 aliphatic rings. The monoisotopic (exact) mass is 281 g/mol. The van der Waals surface area contributed by atoms with Crippen LogP contribution in [0.15, 0.2) is 18.2 Å². The fourth-order valence-corrected chi connectivity index (χ4v) is 1.54. The molecule has 1 amide bonds. The van der Waals surface area contributed by atoms with Crippen LogP contribution in [0.4, 0.5) is 0 Å². The van der Waals surface area contributed by atoms with Crippen LogP contribution in [0.3, 0.4) is 0 Å². The molecular weight excluding hydrogens is 262 g/mol. The topological polar surface area (TPSA) is 84.9 Å². The number of hydrogen-bond donors (Lipinski definition) is 2. The Bertz CT molecular complexity index is 486. The maximum absolute atomic E-state index is 11.6. The zero-order chi connectivity index (χ0) is 15.1. The number of carboxylic acids is 1. The van der Waals surface area contributed by atoms with Crippen LogP contribution in [0.25, 0.3) is 0 Å². The van der Waals surface area contributed by atoms with Crippen molar-refractivity contribution >= 4 is 11.9 Å². The van der Waals surface area contributed by atoms with Crippen LogP contribution < -0.4 is 10.1 Å². The van der Waals surface area contributed by atoms with Gasteiger partial charge in [0.15, 0.2) is 12.7 Å². The summed E-state index contributed by atoms with van der Waals surface area (Å²) in [5.74, 6) is -0.876. The number of ether oxygens (including phenoxy) is 2. The number of aliphatic carboxylic acids is 1. The number of methoxy groups -OCH3 is 1. The first-order valence-corrected chi connectivity index (χ1v) is 6.16. The van der Waals surface area contributed by atoms with Gasteiger partial charge in [-0.25, -0.2) is 4.79 Å². The molecule has 0 radical (unpaired) electrons. The van der Waals surface area contributed by atoms with Crippen molar-refractivity contribution in [2.75, 3.05) is 20.3 Å². The van der Waals surface area contributed by atoms with E-state index in [1.165, 1.54) is 7.11 Å². The normalized spacial score (nSPS) is 11.8. The average molecular weight is 281 g/mol. The van der Waals surface area contributed by atoms with Crippen molar-refractivity contribution in [2.45, 2.75) is 20.0 Å². The second-order valence-electron chi connectivity index (χ2n) is 4.42. The highest BCUT2D eigenvalue weighted by atomic mass is 16.5. The molecule has 0 spiro atoms. The fraction of sp³-hybridized carbons (Fsp3) is 0.429. The summed E-state index contributed by atoms with van der Waals surface area (Å²) in [6, 6.07) is 5.71. The minimum Gasteiger partial charge on any atom is -0.483 e. The first-order chi connectivity index (χ1) is 9.43. The van der Waals surface area contributed by atoms with Gasteiger partial charge in [-0.1, -0.05) is 12.1 Å². The Morgan fingerprint density at radius 1 is 1.35 bits per heavy atom. The number of carbonyl (C=O) groups is 2. The molecule has 2 N–H and O–H groups in total. The second-order valence-corrected chi connectivity index (χ2v) is 4.42. The second kappa shape index (κ2) is 7.49. The van der Waals surface area contributed by atoms with Crippen molar-refractivity contribution in [1.29, 1.82) is 0 Å². The molecule has 0 saturated heterocycles. The smallest absolute Gasteiger partial charge is 0.334 e. The minimum absolute atomic E-state index is 0.0964. The standard InChI is InChI=1S/C14H19NO5/c1-9-4-5-10(2)11(6-9)20-8-13(16)15-7-12(19-3)14(17)18/h4-6,12H,7-8H2,1-3H3,(H,15,16)(H,17,18). The Kier molecular flexibility index (Phi) is 5.99. The van der Waals surface area contributed by atoms with Crippen molar-refractivity contribution in [2.24, 2.45) is 0 Å². The Morgan fingerprint density at radius 2 is 2.05 bits per heavy atom. The maximum atomic E-state index is 11.6. The molecule has 0 heterocycles. The molecule has 0 saturated carbocycles. The van der Waals surface area contributed by atoms with Gasteiger partial charge >= 0.3 is 5.97 Å². The van der Waals surface area contributed by atoms with E-state index in [1.54, 1.807) is 0 Å². The number of benzene rings is 1. The van der Waals surface area contributed by atoms with Crippen molar-refractivity contribution in [3.63, 3.8) is 0 Å². The molecule has 0 bridgehead atoms. The number of aryl methyl sites for hydroxylation is 2. The lowest BCUT2D eigenvalue weighted by Gasteiger charge is -2.13. The molecule has 1 unspecified atom stereocenters. The first-order valence-electron chi connectivity index (χ1n) is 6.16. The van der Waals surface area contributed by atoms with E-state index in [1.807, 2.05) is 32.0 Å². The van der Waals surface area contributed by atoms with E-state index in [4.69, 9.17) is 14.6 Å². The van der Waals surface area contributed by atoms with Gasteiger partial charge < -0.3 is 19.9 Å². The summed E-state index contributed by atoms with van der Waals surface area (Å²) in [4.78, 5) is 22.3. The molecule has 1 atom stereocenters. The Labute approximate surface area is 117 Å². The molecule has 0 fully saturated rings. The van der Waals surface area contributed by atoms with Gasteiger partial charge in [0.1, 0.15) is 5.75 Å². The fourth-order valence-electron chi connectivity index (χ4n) is 1.54. The van der Waals surface area contributed by atoms with E-state index in [-0.39, 0.29) is 13.2 Å². The Balaban J connectivity index is 2.43. The van der Waals surface area contributed by atoms with Crippen molar-refractivity contribution in [3.05, 3.63) is 29.3 Å². The molecule has 1 aromatic rings. The predicted octanol–water partition coefficient (Wildman–Crippen LogP) is 0.898. The third-order valence-corrected chi connectivity index (χ3v) is 2.75. The van der Waals surface area contributed by atoms with Gasteiger partial charge in [0.05, 0.1) is 6.54 Å². The largest absolute Gasteiger partial charge is 0.483 e. The van der Waals surface area contributed by atoms with Crippen LogP contribution in [0.1, 0.15) is 11.1 Å². The van der Waals surface area contributed by atoms with Crippen LogP contribution in [0.5, 0.6) is 5.75 Å². The van der Waals surface area contributed by atoms with Crippen molar-refractivity contribution in [3.8, 4) is 5.75 Å². The summed E-state index contributed by atoms with van der Waals surface area (Å²) < 4.78 is 10.1. The molecule has 110 valence electrons. The number of carboxylic acid groups (broad SMARTS) is 1. The van der Waals surface area contributed by atoms with Crippen LogP contribution in [-0.4, -0.2) is 43.3 Å². The Morgan fingerprint density at radius 3 is 2.65 bits per heavy atom.